The normalized spacial score (nSPS) is 10.2. The van der Waals surface area contributed by atoms with Crippen LogP contribution in [0.25, 0.3) is 0 Å². The van der Waals surface area contributed by atoms with Crippen molar-refractivity contribution in [2.75, 3.05) is 5.32 Å². The van der Waals surface area contributed by atoms with Crippen molar-refractivity contribution in [3.05, 3.63) is 78.4 Å². The number of carbonyl (C=O) groups excluding carboxylic acids is 2. The molecule has 3 rings (SSSR count). The lowest BCUT2D eigenvalue weighted by Gasteiger charge is -2.08. The molecule has 0 aliphatic carbocycles. The van der Waals surface area contributed by atoms with E-state index in [-0.39, 0.29) is 6.54 Å². The summed E-state index contributed by atoms with van der Waals surface area (Å²) in [5, 5.41) is 9.33. The maximum atomic E-state index is 12.0. The van der Waals surface area contributed by atoms with Crippen LogP contribution >= 0.6 is 0 Å². The SMILES string of the molecule is O=C(NCc1ccncc1)C(=O)Nc1cccc(Cn2cccn2)c1. The van der Waals surface area contributed by atoms with Gasteiger partial charge in [0.15, 0.2) is 0 Å². The van der Waals surface area contributed by atoms with Crippen molar-refractivity contribution in [1.29, 1.82) is 0 Å². The standard InChI is InChI=1S/C18H17N5O2/c24-17(20-12-14-5-8-19-9-6-14)18(25)22-16-4-1-3-15(11-16)13-23-10-2-7-21-23/h1-11H,12-13H2,(H,20,24)(H,22,25). The van der Waals surface area contributed by atoms with Crippen LogP contribution in [0.1, 0.15) is 11.1 Å². The van der Waals surface area contributed by atoms with E-state index in [0.29, 0.717) is 12.2 Å². The maximum absolute atomic E-state index is 12.0. The predicted octanol–water partition coefficient (Wildman–Crippen LogP) is 1.58. The summed E-state index contributed by atoms with van der Waals surface area (Å²) < 4.78 is 1.78. The summed E-state index contributed by atoms with van der Waals surface area (Å²) in [4.78, 5) is 27.8. The van der Waals surface area contributed by atoms with Gasteiger partial charge in [-0.25, -0.2) is 0 Å². The van der Waals surface area contributed by atoms with E-state index < -0.39 is 11.8 Å². The van der Waals surface area contributed by atoms with Gasteiger partial charge in [0.2, 0.25) is 0 Å². The van der Waals surface area contributed by atoms with E-state index >= 15 is 0 Å². The molecule has 0 radical (unpaired) electrons. The molecule has 0 spiro atoms. The quantitative estimate of drug-likeness (QED) is 0.693. The number of pyridine rings is 1. The predicted molar refractivity (Wildman–Crippen MR) is 92.5 cm³/mol. The Hall–Kier alpha value is -3.48. The van der Waals surface area contributed by atoms with Crippen molar-refractivity contribution in [1.82, 2.24) is 20.1 Å². The van der Waals surface area contributed by atoms with Gasteiger partial charge in [0.1, 0.15) is 0 Å². The number of hydrogen-bond acceptors (Lipinski definition) is 4. The van der Waals surface area contributed by atoms with Gasteiger partial charge < -0.3 is 10.6 Å². The van der Waals surface area contributed by atoms with Crippen molar-refractivity contribution in [3.8, 4) is 0 Å². The van der Waals surface area contributed by atoms with Crippen LogP contribution in [0.5, 0.6) is 0 Å². The summed E-state index contributed by atoms with van der Waals surface area (Å²) in [5.41, 5.74) is 2.41. The third-order valence-electron chi connectivity index (χ3n) is 3.50. The molecule has 0 atom stereocenters. The highest BCUT2D eigenvalue weighted by Gasteiger charge is 2.13. The van der Waals surface area contributed by atoms with Gasteiger partial charge in [0, 0.05) is 37.0 Å². The van der Waals surface area contributed by atoms with Crippen molar-refractivity contribution in [3.63, 3.8) is 0 Å². The molecule has 0 aliphatic heterocycles. The molecule has 7 nitrogen and oxygen atoms in total. The number of anilines is 1. The highest BCUT2D eigenvalue weighted by atomic mass is 16.2. The average Bonchev–Trinajstić information content (AvgIpc) is 3.14. The van der Waals surface area contributed by atoms with E-state index in [1.54, 1.807) is 41.5 Å². The van der Waals surface area contributed by atoms with Gasteiger partial charge in [-0.3, -0.25) is 19.3 Å². The third-order valence-corrected chi connectivity index (χ3v) is 3.50. The monoisotopic (exact) mass is 335 g/mol. The van der Waals surface area contributed by atoms with Gasteiger partial charge in [-0.1, -0.05) is 12.1 Å². The number of rotatable bonds is 5. The molecule has 0 bridgehead atoms. The van der Waals surface area contributed by atoms with Gasteiger partial charge in [-0.15, -0.1) is 0 Å². The smallest absolute Gasteiger partial charge is 0.313 e. The Kier molecular flexibility index (Phi) is 5.16. The van der Waals surface area contributed by atoms with Gasteiger partial charge in [-0.2, -0.15) is 5.10 Å². The van der Waals surface area contributed by atoms with Crippen molar-refractivity contribution in [2.45, 2.75) is 13.1 Å². The first-order chi connectivity index (χ1) is 12.2. The highest BCUT2D eigenvalue weighted by molar-refractivity contribution is 6.39. The molecule has 25 heavy (non-hydrogen) atoms. The average molecular weight is 335 g/mol. The summed E-state index contributed by atoms with van der Waals surface area (Å²) >= 11 is 0. The Balaban J connectivity index is 1.56. The summed E-state index contributed by atoms with van der Waals surface area (Å²) in [7, 11) is 0. The van der Waals surface area contributed by atoms with Gasteiger partial charge in [-0.05, 0) is 41.5 Å². The summed E-state index contributed by atoms with van der Waals surface area (Å²) in [6, 6.07) is 12.7. The molecule has 2 aromatic heterocycles. The molecule has 2 heterocycles. The Bertz CT molecular complexity index is 847. The highest BCUT2D eigenvalue weighted by Crippen LogP contribution is 2.11. The minimum Gasteiger partial charge on any atom is -0.344 e. The van der Waals surface area contributed by atoms with Crippen molar-refractivity contribution in [2.24, 2.45) is 0 Å². The Morgan fingerprint density at radius 3 is 2.56 bits per heavy atom. The van der Waals surface area contributed by atoms with Gasteiger partial charge in [0.25, 0.3) is 0 Å². The minimum atomic E-state index is -0.703. The number of nitrogens with zero attached hydrogens (tertiary/aromatic N) is 3. The maximum Gasteiger partial charge on any atom is 0.313 e. The van der Waals surface area contributed by atoms with Crippen LogP contribution in [0.4, 0.5) is 5.69 Å². The Morgan fingerprint density at radius 1 is 0.960 bits per heavy atom. The topological polar surface area (TPSA) is 88.9 Å². The summed E-state index contributed by atoms with van der Waals surface area (Å²) in [5.74, 6) is -1.39. The first-order valence-electron chi connectivity index (χ1n) is 7.75. The van der Waals surface area contributed by atoms with E-state index in [9.17, 15) is 9.59 Å². The van der Waals surface area contributed by atoms with Crippen LogP contribution in [0.15, 0.2) is 67.3 Å². The van der Waals surface area contributed by atoms with Crippen LogP contribution < -0.4 is 10.6 Å². The molecular formula is C18H17N5O2. The number of nitrogens with one attached hydrogen (secondary N) is 2. The van der Waals surface area contributed by atoms with Crippen molar-refractivity contribution >= 4 is 17.5 Å². The molecule has 0 saturated carbocycles. The lowest BCUT2D eigenvalue weighted by Crippen LogP contribution is -2.34. The fraction of sp³-hybridized carbons (Fsp3) is 0.111. The largest absolute Gasteiger partial charge is 0.344 e. The number of amides is 2. The zero-order valence-corrected chi connectivity index (χ0v) is 13.4. The fourth-order valence-corrected chi connectivity index (χ4v) is 2.28. The summed E-state index contributed by atoms with van der Waals surface area (Å²) in [6.45, 7) is 0.860. The lowest BCUT2D eigenvalue weighted by atomic mass is 10.2. The van der Waals surface area contributed by atoms with E-state index in [1.807, 2.05) is 30.5 Å². The van der Waals surface area contributed by atoms with Crippen molar-refractivity contribution < 1.29 is 9.59 Å². The molecule has 2 amide bonds. The number of aromatic nitrogens is 3. The van der Waals surface area contributed by atoms with E-state index in [0.717, 1.165) is 11.1 Å². The molecular weight excluding hydrogens is 318 g/mol. The molecule has 0 saturated heterocycles. The molecule has 126 valence electrons. The zero-order chi connectivity index (χ0) is 17.5. The number of hydrogen-bond donors (Lipinski definition) is 2. The molecule has 7 heteroatoms. The van der Waals surface area contributed by atoms with E-state index in [2.05, 4.69) is 20.7 Å². The minimum absolute atomic E-state index is 0.272. The third kappa shape index (κ3) is 4.74. The first-order valence-corrected chi connectivity index (χ1v) is 7.75. The van der Waals surface area contributed by atoms with Crippen LogP contribution in [0.2, 0.25) is 0 Å². The number of benzene rings is 1. The number of carbonyl (C=O) groups is 2. The Labute approximate surface area is 144 Å². The van der Waals surface area contributed by atoms with Crippen LogP contribution in [0, 0.1) is 0 Å². The van der Waals surface area contributed by atoms with Crippen LogP contribution in [-0.4, -0.2) is 26.6 Å². The molecule has 0 unspecified atom stereocenters. The van der Waals surface area contributed by atoms with E-state index in [1.165, 1.54) is 0 Å². The molecule has 1 aromatic carbocycles. The second-order valence-electron chi connectivity index (χ2n) is 5.40. The lowest BCUT2D eigenvalue weighted by molar-refractivity contribution is -0.136. The molecule has 3 aromatic rings. The van der Waals surface area contributed by atoms with E-state index in [4.69, 9.17) is 0 Å². The second-order valence-corrected chi connectivity index (χ2v) is 5.40. The fourth-order valence-electron chi connectivity index (χ4n) is 2.28. The molecule has 0 aliphatic rings. The van der Waals surface area contributed by atoms with Gasteiger partial charge in [0.05, 0.1) is 6.54 Å². The Morgan fingerprint density at radius 2 is 1.80 bits per heavy atom. The summed E-state index contributed by atoms with van der Waals surface area (Å²) in [6.07, 6.45) is 6.83. The second kappa shape index (κ2) is 7.87. The zero-order valence-electron chi connectivity index (χ0n) is 13.4. The first kappa shape index (κ1) is 16.4. The van der Waals surface area contributed by atoms with Gasteiger partial charge >= 0.3 is 11.8 Å². The van der Waals surface area contributed by atoms with Crippen LogP contribution in [-0.2, 0) is 22.7 Å². The molecule has 2 N–H and O–H groups in total. The molecule has 0 fully saturated rings. The van der Waals surface area contributed by atoms with Crippen LogP contribution in [0.3, 0.4) is 0 Å².